The summed E-state index contributed by atoms with van der Waals surface area (Å²) in [5, 5.41) is 4.00. The van der Waals surface area contributed by atoms with Crippen molar-refractivity contribution in [1.29, 1.82) is 0 Å². The van der Waals surface area contributed by atoms with E-state index in [0.717, 1.165) is 12.1 Å². The van der Waals surface area contributed by atoms with Crippen molar-refractivity contribution >= 4 is 17.9 Å². The SMILES string of the molecule is COC(=O)c1ccc(C=NNc2ccc(C(F)(F)F)cc2)n1-c1ccc(F)cc1. The van der Waals surface area contributed by atoms with Crippen LogP contribution in [0, 0.1) is 5.82 Å². The van der Waals surface area contributed by atoms with E-state index in [0.29, 0.717) is 17.1 Å². The topological polar surface area (TPSA) is 55.6 Å². The number of carbonyl (C=O) groups is 1. The molecule has 0 spiro atoms. The molecule has 0 amide bonds. The molecule has 9 heteroatoms. The van der Waals surface area contributed by atoms with Gasteiger partial charge in [-0.2, -0.15) is 18.3 Å². The van der Waals surface area contributed by atoms with E-state index in [2.05, 4.69) is 10.5 Å². The Kier molecular flexibility index (Phi) is 5.67. The second kappa shape index (κ2) is 8.17. The second-order valence-corrected chi connectivity index (χ2v) is 5.89. The van der Waals surface area contributed by atoms with Crippen LogP contribution in [0.4, 0.5) is 23.2 Å². The number of nitrogens with one attached hydrogen (secondary N) is 1. The third-order valence-electron chi connectivity index (χ3n) is 3.99. The summed E-state index contributed by atoms with van der Waals surface area (Å²) in [6, 6.07) is 13.0. The summed E-state index contributed by atoms with van der Waals surface area (Å²) in [5.74, 6) is -1.02. The zero-order valence-corrected chi connectivity index (χ0v) is 15.1. The smallest absolute Gasteiger partial charge is 0.416 e. The fourth-order valence-electron chi connectivity index (χ4n) is 2.60. The first kappa shape index (κ1) is 20.1. The Labute approximate surface area is 163 Å². The van der Waals surface area contributed by atoms with Crippen LogP contribution in [0.1, 0.15) is 21.7 Å². The summed E-state index contributed by atoms with van der Waals surface area (Å²) in [7, 11) is 1.24. The van der Waals surface area contributed by atoms with Gasteiger partial charge < -0.3 is 9.30 Å². The van der Waals surface area contributed by atoms with Gasteiger partial charge in [-0.1, -0.05) is 0 Å². The standard InChI is InChI=1S/C20H15F4N3O2/c1-29-19(28)18-11-10-17(27(18)16-8-4-14(21)5-9-16)12-25-26-15-6-2-13(3-7-15)20(22,23)24/h2-12,26H,1H3. The number of alkyl halides is 3. The fourth-order valence-corrected chi connectivity index (χ4v) is 2.60. The van der Waals surface area contributed by atoms with Crippen LogP contribution in [-0.4, -0.2) is 23.9 Å². The summed E-state index contributed by atoms with van der Waals surface area (Å²) in [4.78, 5) is 12.0. The van der Waals surface area contributed by atoms with E-state index in [1.807, 2.05) is 0 Å². The number of halogens is 4. The van der Waals surface area contributed by atoms with Crippen LogP contribution in [0.15, 0.2) is 65.8 Å². The fraction of sp³-hybridized carbons (Fsp3) is 0.100. The molecule has 0 saturated heterocycles. The Morgan fingerprint density at radius 2 is 1.69 bits per heavy atom. The molecule has 0 fully saturated rings. The van der Waals surface area contributed by atoms with Gasteiger partial charge in [-0.05, 0) is 60.7 Å². The molecule has 2 aromatic carbocycles. The van der Waals surface area contributed by atoms with Crippen molar-refractivity contribution in [2.45, 2.75) is 6.18 Å². The number of nitrogens with zero attached hydrogens (tertiary/aromatic N) is 2. The molecule has 1 aromatic heterocycles. The van der Waals surface area contributed by atoms with Crippen LogP contribution in [0.25, 0.3) is 5.69 Å². The van der Waals surface area contributed by atoms with E-state index in [1.54, 1.807) is 6.07 Å². The van der Waals surface area contributed by atoms with E-state index in [9.17, 15) is 22.4 Å². The van der Waals surface area contributed by atoms with E-state index in [-0.39, 0.29) is 5.69 Å². The Balaban J connectivity index is 1.86. The Bertz CT molecular complexity index is 1020. The Hall–Kier alpha value is -3.62. The molecule has 29 heavy (non-hydrogen) atoms. The summed E-state index contributed by atoms with van der Waals surface area (Å²) >= 11 is 0. The molecule has 0 aliphatic carbocycles. The molecule has 0 aliphatic rings. The molecule has 0 aliphatic heterocycles. The number of hydrogen-bond acceptors (Lipinski definition) is 4. The number of carbonyl (C=O) groups excluding carboxylic acids is 1. The lowest BCUT2D eigenvalue weighted by molar-refractivity contribution is -0.137. The van der Waals surface area contributed by atoms with Crippen LogP contribution >= 0.6 is 0 Å². The zero-order valence-electron chi connectivity index (χ0n) is 15.1. The highest BCUT2D eigenvalue weighted by Crippen LogP contribution is 2.29. The van der Waals surface area contributed by atoms with Gasteiger partial charge in [0.25, 0.3) is 0 Å². The van der Waals surface area contributed by atoms with Crippen molar-refractivity contribution in [3.05, 3.63) is 83.4 Å². The molecule has 3 aromatic rings. The Morgan fingerprint density at radius 3 is 2.28 bits per heavy atom. The van der Waals surface area contributed by atoms with Crippen molar-refractivity contribution in [3.63, 3.8) is 0 Å². The second-order valence-electron chi connectivity index (χ2n) is 5.89. The van der Waals surface area contributed by atoms with Crippen LogP contribution in [0.3, 0.4) is 0 Å². The van der Waals surface area contributed by atoms with Gasteiger partial charge in [-0.15, -0.1) is 0 Å². The summed E-state index contributed by atoms with van der Waals surface area (Å²) < 4.78 is 57.3. The van der Waals surface area contributed by atoms with Crippen LogP contribution in [-0.2, 0) is 10.9 Å². The zero-order chi connectivity index (χ0) is 21.0. The molecular formula is C20H15F4N3O2. The van der Waals surface area contributed by atoms with Gasteiger partial charge in [-0.3, -0.25) is 5.43 Å². The Morgan fingerprint density at radius 1 is 1.03 bits per heavy atom. The average molecular weight is 405 g/mol. The lowest BCUT2D eigenvalue weighted by Gasteiger charge is -2.10. The highest BCUT2D eigenvalue weighted by atomic mass is 19.4. The monoisotopic (exact) mass is 405 g/mol. The quantitative estimate of drug-likeness (QED) is 0.285. The van der Waals surface area contributed by atoms with Crippen molar-refractivity contribution < 1.29 is 27.1 Å². The maximum absolute atomic E-state index is 13.2. The number of benzene rings is 2. The number of methoxy groups -OCH3 is 1. The predicted octanol–water partition coefficient (Wildman–Crippen LogP) is 4.87. The lowest BCUT2D eigenvalue weighted by atomic mass is 10.2. The molecular weight excluding hydrogens is 390 g/mol. The van der Waals surface area contributed by atoms with Gasteiger partial charge in [0, 0.05) is 5.69 Å². The number of esters is 1. The van der Waals surface area contributed by atoms with E-state index < -0.39 is 23.5 Å². The van der Waals surface area contributed by atoms with Gasteiger partial charge >= 0.3 is 12.1 Å². The van der Waals surface area contributed by atoms with E-state index in [1.165, 1.54) is 60.4 Å². The lowest BCUT2D eigenvalue weighted by Crippen LogP contribution is -2.11. The van der Waals surface area contributed by atoms with Crippen molar-refractivity contribution in [3.8, 4) is 5.69 Å². The number of rotatable bonds is 5. The summed E-state index contributed by atoms with van der Waals surface area (Å²) in [5.41, 5.74) is 3.39. The van der Waals surface area contributed by atoms with Crippen molar-refractivity contribution in [2.75, 3.05) is 12.5 Å². The largest absolute Gasteiger partial charge is 0.464 e. The molecule has 1 N–H and O–H groups in total. The third-order valence-corrected chi connectivity index (χ3v) is 3.99. The van der Waals surface area contributed by atoms with E-state index in [4.69, 9.17) is 4.74 Å². The first-order valence-corrected chi connectivity index (χ1v) is 8.32. The highest BCUT2D eigenvalue weighted by molar-refractivity contribution is 5.91. The van der Waals surface area contributed by atoms with Gasteiger partial charge in [0.1, 0.15) is 11.5 Å². The molecule has 0 atom stereocenters. The number of anilines is 1. The number of aromatic nitrogens is 1. The molecule has 0 radical (unpaired) electrons. The average Bonchev–Trinajstić information content (AvgIpc) is 3.11. The molecule has 3 rings (SSSR count). The molecule has 0 unspecified atom stereocenters. The van der Waals surface area contributed by atoms with Crippen LogP contribution in [0.5, 0.6) is 0 Å². The minimum atomic E-state index is -4.41. The van der Waals surface area contributed by atoms with E-state index >= 15 is 0 Å². The summed E-state index contributed by atoms with van der Waals surface area (Å²) in [6.07, 6.45) is -3.03. The number of hydrazone groups is 1. The number of hydrogen-bond donors (Lipinski definition) is 1. The molecule has 0 bridgehead atoms. The van der Waals surface area contributed by atoms with Crippen molar-refractivity contribution in [2.24, 2.45) is 5.10 Å². The van der Waals surface area contributed by atoms with Gasteiger partial charge in [-0.25, -0.2) is 9.18 Å². The first-order valence-electron chi connectivity index (χ1n) is 8.32. The van der Waals surface area contributed by atoms with Gasteiger partial charge in [0.15, 0.2) is 0 Å². The normalized spacial score (nSPS) is 11.6. The molecule has 0 saturated carbocycles. The van der Waals surface area contributed by atoms with Gasteiger partial charge in [0.2, 0.25) is 0 Å². The first-order chi connectivity index (χ1) is 13.8. The third kappa shape index (κ3) is 4.63. The van der Waals surface area contributed by atoms with Crippen molar-refractivity contribution in [1.82, 2.24) is 4.57 Å². The molecule has 150 valence electrons. The summed E-state index contributed by atoms with van der Waals surface area (Å²) in [6.45, 7) is 0. The predicted molar refractivity (Wildman–Crippen MR) is 99.7 cm³/mol. The number of ether oxygens (including phenoxy) is 1. The molecule has 5 nitrogen and oxygen atoms in total. The van der Waals surface area contributed by atoms with Crippen LogP contribution < -0.4 is 5.43 Å². The molecule has 1 heterocycles. The van der Waals surface area contributed by atoms with Crippen LogP contribution in [0.2, 0.25) is 0 Å². The minimum absolute atomic E-state index is 0.204. The maximum Gasteiger partial charge on any atom is 0.416 e. The maximum atomic E-state index is 13.2. The van der Waals surface area contributed by atoms with Gasteiger partial charge in [0.05, 0.1) is 30.3 Å². The highest BCUT2D eigenvalue weighted by Gasteiger charge is 2.29. The minimum Gasteiger partial charge on any atom is -0.464 e.